The molecule has 1 amide bonds. The van der Waals surface area contributed by atoms with E-state index in [4.69, 9.17) is 11.6 Å². The molecule has 5 rings (SSSR count). The van der Waals surface area contributed by atoms with Gasteiger partial charge in [-0.2, -0.15) is 4.31 Å². The maximum Gasteiger partial charge on any atom is 0.244 e. The number of anilines is 1. The Bertz CT molecular complexity index is 1350. The molecular weight excluding hydrogens is 493 g/mol. The maximum atomic E-state index is 13.6. The van der Waals surface area contributed by atoms with Crippen molar-refractivity contribution in [2.45, 2.75) is 17.7 Å². The van der Waals surface area contributed by atoms with Gasteiger partial charge in [-0.3, -0.25) is 9.78 Å². The highest BCUT2D eigenvalue weighted by atomic mass is 35.5. The van der Waals surface area contributed by atoms with Gasteiger partial charge in [-0.1, -0.05) is 11.6 Å². The summed E-state index contributed by atoms with van der Waals surface area (Å²) in [6, 6.07) is 9.37. The molecule has 1 aromatic carbocycles. The third kappa shape index (κ3) is 4.82. The van der Waals surface area contributed by atoms with E-state index >= 15 is 0 Å². The Kier molecular flexibility index (Phi) is 6.61. The molecule has 4 heterocycles. The lowest BCUT2D eigenvalue weighted by atomic mass is 9.97. The van der Waals surface area contributed by atoms with Crippen molar-refractivity contribution in [3.05, 3.63) is 59.8 Å². The molecular formula is C24H25ClFN5O3S. The quantitative estimate of drug-likeness (QED) is 0.494. The van der Waals surface area contributed by atoms with Crippen LogP contribution in [0.5, 0.6) is 0 Å². The molecule has 0 saturated carbocycles. The van der Waals surface area contributed by atoms with Crippen LogP contribution in [0.25, 0.3) is 10.9 Å². The van der Waals surface area contributed by atoms with Crippen LogP contribution >= 0.6 is 11.6 Å². The number of piperidine rings is 1. The molecule has 2 aliphatic heterocycles. The van der Waals surface area contributed by atoms with E-state index in [1.807, 2.05) is 11.0 Å². The van der Waals surface area contributed by atoms with E-state index in [2.05, 4.69) is 14.9 Å². The first kappa shape index (κ1) is 23.9. The Morgan fingerprint density at radius 2 is 1.83 bits per heavy atom. The van der Waals surface area contributed by atoms with Gasteiger partial charge in [-0.05, 0) is 43.2 Å². The zero-order chi connectivity index (χ0) is 24.6. The zero-order valence-corrected chi connectivity index (χ0v) is 20.6. The van der Waals surface area contributed by atoms with Gasteiger partial charge in [0.1, 0.15) is 15.9 Å². The summed E-state index contributed by atoms with van der Waals surface area (Å²) in [4.78, 5) is 25.5. The molecule has 0 aliphatic carbocycles. The van der Waals surface area contributed by atoms with Crippen molar-refractivity contribution in [3.8, 4) is 0 Å². The monoisotopic (exact) mass is 517 g/mol. The second kappa shape index (κ2) is 9.67. The molecule has 1 atom stereocenters. The molecule has 0 spiro atoms. The average Bonchev–Trinajstić information content (AvgIpc) is 2.88. The van der Waals surface area contributed by atoms with Crippen LogP contribution in [0.15, 0.2) is 53.7 Å². The lowest BCUT2D eigenvalue weighted by Gasteiger charge is -2.39. The van der Waals surface area contributed by atoms with E-state index < -0.39 is 10.0 Å². The Morgan fingerprint density at radius 1 is 1.03 bits per heavy atom. The fourth-order valence-electron chi connectivity index (χ4n) is 4.83. The summed E-state index contributed by atoms with van der Waals surface area (Å²) in [5.74, 6) is -0.719. The highest BCUT2D eigenvalue weighted by Crippen LogP contribution is 2.29. The molecule has 2 fully saturated rings. The van der Waals surface area contributed by atoms with Gasteiger partial charge in [0.15, 0.2) is 0 Å². The molecule has 35 heavy (non-hydrogen) atoms. The minimum Gasteiger partial charge on any atom is -0.367 e. The lowest BCUT2D eigenvalue weighted by molar-refractivity contribution is -0.137. The van der Waals surface area contributed by atoms with Gasteiger partial charge in [0.25, 0.3) is 0 Å². The number of halogens is 2. The molecule has 0 bridgehead atoms. The summed E-state index contributed by atoms with van der Waals surface area (Å²) in [7, 11) is -3.74. The van der Waals surface area contributed by atoms with Gasteiger partial charge in [0, 0.05) is 68.8 Å². The fourth-order valence-corrected chi connectivity index (χ4v) is 6.42. The number of carbonyl (C=O) groups is 1. The second-order valence-corrected chi connectivity index (χ2v) is 11.1. The van der Waals surface area contributed by atoms with Crippen LogP contribution in [-0.2, 0) is 14.8 Å². The molecule has 0 radical (unpaired) electrons. The number of pyridine rings is 2. The molecule has 1 unspecified atom stereocenters. The van der Waals surface area contributed by atoms with Crippen molar-refractivity contribution in [2.75, 3.05) is 44.2 Å². The van der Waals surface area contributed by atoms with Gasteiger partial charge < -0.3 is 9.80 Å². The summed E-state index contributed by atoms with van der Waals surface area (Å²) in [6.07, 6.45) is 4.20. The van der Waals surface area contributed by atoms with Crippen molar-refractivity contribution in [1.82, 2.24) is 19.2 Å². The number of nitrogens with zero attached hydrogens (tertiary/aromatic N) is 5. The average molecular weight is 518 g/mol. The highest BCUT2D eigenvalue weighted by molar-refractivity contribution is 7.89. The molecule has 2 saturated heterocycles. The number of benzene rings is 1. The number of sulfonamides is 1. The van der Waals surface area contributed by atoms with Crippen molar-refractivity contribution in [3.63, 3.8) is 0 Å². The van der Waals surface area contributed by atoms with Gasteiger partial charge in [-0.15, -0.1) is 0 Å². The number of amides is 1. The SMILES string of the molecule is O=C(C1CCCN(S(=O)(=O)c2ccc(Cl)nc2)C1)N1CCN(c2ccnc3cc(F)ccc23)CC1. The molecule has 2 aromatic heterocycles. The molecule has 8 nitrogen and oxygen atoms in total. The van der Waals surface area contributed by atoms with Crippen molar-refractivity contribution in [2.24, 2.45) is 5.92 Å². The summed E-state index contributed by atoms with van der Waals surface area (Å²) < 4.78 is 41.1. The summed E-state index contributed by atoms with van der Waals surface area (Å²) in [5, 5.41) is 1.10. The predicted octanol–water partition coefficient (Wildman–Crippen LogP) is 3.17. The van der Waals surface area contributed by atoms with Crippen LogP contribution in [0.1, 0.15) is 12.8 Å². The third-order valence-corrected chi connectivity index (χ3v) is 8.76. The Hall–Kier alpha value is -2.82. The second-order valence-electron chi connectivity index (χ2n) is 8.82. The number of piperazine rings is 1. The summed E-state index contributed by atoms with van der Waals surface area (Å²) >= 11 is 5.79. The van der Waals surface area contributed by atoms with E-state index in [1.165, 1.54) is 34.8 Å². The number of carbonyl (C=O) groups excluding carboxylic acids is 1. The normalized spacial score (nSPS) is 19.8. The number of aromatic nitrogens is 2. The fraction of sp³-hybridized carbons (Fsp3) is 0.375. The lowest BCUT2D eigenvalue weighted by Crippen LogP contribution is -2.53. The van der Waals surface area contributed by atoms with Crippen molar-refractivity contribution in [1.29, 1.82) is 0 Å². The van der Waals surface area contributed by atoms with E-state index in [1.54, 1.807) is 12.3 Å². The summed E-state index contributed by atoms with van der Waals surface area (Å²) in [5.41, 5.74) is 1.56. The Balaban J connectivity index is 1.24. The molecule has 2 aliphatic rings. The van der Waals surface area contributed by atoms with Crippen LogP contribution in [-0.4, -0.2) is 72.8 Å². The third-order valence-electron chi connectivity index (χ3n) is 6.69. The van der Waals surface area contributed by atoms with Gasteiger partial charge in [-0.25, -0.2) is 17.8 Å². The smallest absolute Gasteiger partial charge is 0.244 e. The van der Waals surface area contributed by atoms with Crippen LogP contribution in [0, 0.1) is 11.7 Å². The Labute approximate surface area is 208 Å². The van der Waals surface area contributed by atoms with Gasteiger partial charge >= 0.3 is 0 Å². The number of rotatable bonds is 4. The van der Waals surface area contributed by atoms with Crippen LogP contribution in [0.2, 0.25) is 5.15 Å². The van der Waals surface area contributed by atoms with Crippen molar-refractivity contribution >= 4 is 44.1 Å². The first-order valence-corrected chi connectivity index (χ1v) is 13.3. The van der Waals surface area contributed by atoms with Gasteiger partial charge in [0.2, 0.25) is 15.9 Å². The topological polar surface area (TPSA) is 86.7 Å². The first-order chi connectivity index (χ1) is 16.8. The maximum absolute atomic E-state index is 13.6. The highest BCUT2D eigenvalue weighted by Gasteiger charge is 2.36. The van der Waals surface area contributed by atoms with Crippen LogP contribution in [0.3, 0.4) is 0 Å². The van der Waals surface area contributed by atoms with E-state index in [0.29, 0.717) is 51.1 Å². The van der Waals surface area contributed by atoms with E-state index in [9.17, 15) is 17.6 Å². The van der Waals surface area contributed by atoms with Crippen LogP contribution in [0.4, 0.5) is 10.1 Å². The Morgan fingerprint density at radius 3 is 2.57 bits per heavy atom. The first-order valence-electron chi connectivity index (χ1n) is 11.5. The zero-order valence-electron chi connectivity index (χ0n) is 19.0. The van der Waals surface area contributed by atoms with E-state index in [0.717, 1.165) is 11.1 Å². The van der Waals surface area contributed by atoms with E-state index in [-0.39, 0.29) is 34.2 Å². The molecule has 0 N–H and O–H groups in total. The molecule has 3 aromatic rings. The van der Waals surface area contributed by atoms with Crippen molar-refractivity contribution < 1.29 is 17.6 Å². The number of fused-ring (bicyclic) bond motifs is 1. The van der Waals surface area contributed by atoms with Crippen LogP contribution < -0.4 is 4.90 Å². The summed E-state index contributed by atoms with van der Waals surface area (Å²) in [6.45, 7) is 2.87. The molecule has 184 valence electrons. The molecule has 11 heteroatoms. The largest absolute Gasteiger partial charge is 0.367 e. The predicted molar refractivity (Wildman–Crippen MR) is 131 cm³/mol. The standard InChI is InChI=1S/C24H25ClFN5O3S/c25-23-6-4-19(15-28-23)35(33,34)31-9-1-2-17(16-31)24(32)30-12-10-29(11-13-30)22-7-8-27-21-14-18(26)3-5-20(21)22/h3-8,14-15,17H,1-2,9-13,16H2. The number of hydrogen-bond donors (Lipinski definition) is 0. The van der Waals surface area contributed by atoms with Gasteiger partial charge in [0.05, 0.1) is 11.4 Å². The number of hydrogen-bond acceptors (Lipinski definition) is 6. The minimum atomic E-state index is -3.74. The minimum absolute atomic E-state index is 0.0135.